The summed E-state index contributed by atoms with van der Waals surface area (Å²) in [4.78, 5) is 54.3. The van der Waals surface area contributed by atoms with Gasteiger partial charge in [0.25, 0.3) is 0 Å². The first-order valence-corrected chi connectivity index (χ1v) is 11.4. The number of benzene rings is 4. The lowest BCUT2D eigenvalue weighted by Crippen LogP contribution is -2.24. The second kappa shape index (κ2) is 7.71. The minimum absolute atomic E-state index is 0.165. The van der Waals surface area contributed by atoms with Crippen molar-refractivity contribution in [3.8, 4) is 0 Å². The highest BCUT2D eigenvalue weighted by Gasteiger charge is 2.31. The summed E-state index contributed by atoms with van der Waals surface area (Å²) in [6, 6.07) is 24.2. The molecule has 0 saturated carbocycles. The molecule has 6 rings (SSSR count). The van der Waals surface area contributed by atoms with E-state index in [0.29, 0.717) is 51.1 Å². The van der Waals surface area contributed by atoms with Crippen molar-refractivity contribution in [3.63, 3.8) is 0 Å². The van der Waals surface area contributed by atoms with Crippen molar-refractivity contribution < 1.29 is 19.2 Å². The predicted molar refractivity (Wildman–Crippen MR) is 132 cm³/mol. The van der Waals surface area contributed by atoms with Crippen molar-refractivity contribution in [1.29, 1.82) is 0 Å². The highest BCUT2D eigenvalue weighted by molar-refractivity contribution is 6.29. The van der Waals surface area contributed by atoms with Crippen molar-refractivity contribution in [2.45, 2.75) is 6.92 Å². The molecule has 0 atom stereocenters. The molecule has 0 heterocycles. The van der Waals surface area contributed by atoms with Crippen LogP contribution < -0.4 is 4.90 Å². The van der Waals surface area contributed by atoms with Gasteiger partial charge in [-0.3, -0.25) is 19.2 Å². The lowest BCUT2D eigenvalue weighted by Gasteiger charge is -2.27. The largest absolute Gasteiger partial charge is 0.342 e. The fourth-order valence-electron chi connectivity index (χ4n) is 5.02. The molecule has 0 aromatic heterocycles. The quantitative estimate of drug-likeness (QED) is 0.356. The van der Waals surface area contributed by atoms with Crippen LogP contribution in [0.15, 0.2) is 84.9 Å². The van der Waals surface area contributed by atoms with Gasteiger partial charge in [-0.05, 0) is 43.3 Å². The van der Waals surface area contributed by atoms with E-state index in [0.717, 1.165) is 11.4 Å². The second-order valence-electron chi connectivity index (χ2n) is 8.61. The first-order chi connectivity index (χ1) is 17.0. The van der Waals surface area contributed by atoms with Crippen LogP contribution in [0.3, 0.4) is 0 Å². The van der Waals surface area contributed by atoms with Gasteiger partial charge in [0.1, 0.15) is 0 Å². The Kier molecular flexibility index (Phi) is 4.61. The zero-order chi connectivity index (χ0) is 24.3. The van der Waals surface area contributed by atoms with Crippen molar-refractivity contribution in [1.82, 2.24) is 0 Å². The number of nitrogens with zero attached hydrogens (tertiary/aromatic N) is 1. The van der Waals surface area contributed by atoms with E-state index in [1.807, 2.05) is 24.0 Å². The average Bonchev–Trinajstić information content (AvgIpc) is 2.90. The van der Waals surface area contributed by atoms with E-state index in [-0.39, 0.29) is 23.1 Å². The number of ketones is 4. The zero-order valence-corrected chi connectivity index (χ0v) is 18.9. The van der Waals surface area contributed by atoms with Crippen LogP contribution in [0.5, 0.6) is 0 Å². The highest BCUT2D eigenvalue weighted by Crippen LogP contribution is 2.35. The fraction of sp³-hybridized carbons (Fsp3) is 0.0667. The third-order valence-electron chi connectivity index (χ3n) is 6.76. The number of rotatable bonds is 3. The number of anilines is 2. The van der Waals surface area contributed by atoms with Crippen LogP contribution >= 0.6 is 0 Å². The molecule has 2 aliphatic carbocycles. The molecule has 35 heavy (non-hydrogen) atoms. The average molecular weight is 457 g/mol. The van der Waals surface area contributed by atoms with E-state index in [9.17, 15) is 19.2 Å². The van der Waals surface area contributed by atoms with Crippen LogP contribution in [0.2, 0.25) is 0 Å². The SMILES string of the molecule is CCN(c1ccc2c(c1)C(=O)c1ccccc1C2=O)c1ccc2c(c1)C(=O)c1ccccc1C2=O. The van der Waals surface area contributed by atoms with E-state index in [1.54, 1.807) is 72.8 Å². The van der Waals surface area contributed by atoms with Crippen molar-refractivity contribution in [3.05, 3.63) is 129 Å². The second-order valence-corrected chi connectivity index (χ2v) is 8.61. The van der Waals surface area contributed by atoms with Gasteiger partial charge in [-0.25, -0.2) is 0 Å². The molecule has 4 aromatic carbocycles. The predicted octanol–water partition coefficient (Wildman–Crippen LogP) is 5.40. The van der Waals surface area contributed by atoms with Crippen LogP contribution in [0.4, 0.5) is 11.4 Å². The van der Waals surface area contributed by atoms with E-state index >= 15 is 0 Å². The summed E-state index contributed by atoms with van der Waals surface area (Å²) in [5, 5.41) is 0. The Labute approximate surface area is 201 Å². The molecule has 0 bridgehead atoms. The molecule has 0 radical (unpaired) electrons. The molecule has 0 aliphatic heterocycles. The fourth-order valence-corrected chi connectivity index (χ4v) is 5.02. The van der Waals surface area contributed by atoms with E-state index in [4.69, 9.17) is 0 Å². The minimum Gasteiger partial charge on any atom is -0.342 e. The Balaban J connectivity index is 1.43. The molecule has 0 spiro atoms. The zero-order valence-electron chi connectivity index (χ0n) is 18.9. The maximum Gasteiger partial charge on any atom is 0.194 e. The first kappa shape index (κ1) is 20.9. The summed E-state index contributed by atoms with van der Waals surface area (Å²) in [6.07, 6.45) is 0. The number of fused-ring (bicyclic) bond motifs is 4. The third kappa shape index (κ3) is 3.02. The van der Waals surface area contributed by atoms with Crippen LogP contribution in [-0.4, -0.2) is 29.7 Å². The summed E-state index contributed by atoms with van der Waals surface area (Å²) in [7, 11) is 0. The lowest BCUT2D eigenvalue weighted by atomic mass is 9.83. The van der Waals surface area contributed by atoms with Gasteiger partial charge in [0, 0.05) is 62.4 Å². The summed E-state index contributed by atoms with van der Waals surface area (Å²) >= 11 is 0. The molecule has 4 aromatic rings. The van der Waals surface area contributed by atoms with Gasteiger partial charge in [-0.15, -0.1) is 0 Å². The summed E-state index contributed by atoms with van der Waals surface area (Å²) in [5.74, 6) is -0.699. The van der Waals surface area contributed by atoms with Crippen molar-refractivity contribution in [2.75, 3.05) is 11.4 Å². The Morgan fingerprint density at radius 1 is 0.457 bits per heavy atom. The number of carbonyl (C=O) groups excluding carboxylic acids is 4. The third-order valence-corrected chi connectivity index (χ3v) is 6.76. The molecule has 0 N–H and O–H groups in total. The molecule has 0 saturated heterocycles. The molecule has 0 amide bonds. The van der Waals surface area contributed by atoms with Crippen molar-refractivity contribution in [2.24, 2.45) is 0 Å². The standard InChI is InChI=1S/C30H19NO4/c1-2-31(17-11-13-23-25(15-17)29(34)21-9-5-3-7-19(21)27(23)32)18-12-14-24-26(16-18)30(35)22-10-6-4-8-20(22)28(24)33/h3-16H,2H2,1H3. The number of hydrogen-bond donors (Lipinski definition) is 0. The van der Waals surface area contributed by atoms with E-state index in [2.05, 4.69) is 0 Å². The van der Waals surface area contributed by atoms with Gasteiger partial charge in [0.2, 0.25) is 0 Å². The Morgan fingerprint density at radius 3 is 1.11 bits per heavy atom. The van der Waals surface area contributed by atoms with Crippen LogP contribution in [-0.2, 0) is 0 Å². The normalized spacial score (nSPS) is 13.6. The topological polar surface area (TPSA) is 71.5 Å². The smallest absolute Gasteiger partial charge is 0.194 e. The van der Waals surface area contributed by atoms with Crippen molar-refractivity contribution >= 4 is 34.5 Å². The van der Waals surface area contributed by atoms with Gasteiger partial charge in [-0.2, -0.15) is 0 Å². The lowest BCUT2D eigenvalue weighted by molar-refractivity contribution is 0.0979. The number of carbonyl (C=O) groups is 4. The molecular weight excluding hydrogens is 438 g/mol. The highest BCUT2D eigenvalue weighted by atomic mass is 16.1. The van der Waals surface area contributed by atoms with Crippen LogP contribution in [0.25, 0.3) is 0 Å². The summed E-state index contributed by atoms with van der Waals surface area (Å²) < 4.78 is 0. The molecule has 5 heteroatoms. The summed E-state index contributed by atoms with van der Waals surface area (Å²) in [5.41, 5.74) is 4.59. The van der Waals surface area contributed by atoms with Gasteiger partial charge in [0.05, 0.1) is 0 Å². The van der Waals surface area contributed by atoms with Crippen LogP contribution in [0.1, 0.15) is 70.6 Å². The maximum absolute atomic E-state index is 13.2. The molecule has 0 unspecified atom stereocenters. The van der Waals surface area contributed by atoms with Gasteiger partial charge >= 0.3 is 0 Å². The molecular formula is C30H19NO4. The first-order valence-electron chi connectivity index (χ1n) is 11.4. The number of hydrogen-bond acceptors (Lipinski definition) is 5. The maximum atomic E-state index is 13.2. The van der Waals surface area contributed by atoms with Gasteiger partial charge in [0.15, 0.2) is 23.1 Å². The Morgan fingerprint density at radius 2 is 0.771 bits per heavy atom. The van der Waals surface area contributed by atoms with Gasteiger partial charge in [-0.1, -0.05) is 48.5 Å². The summed E-state index contributed by atoms with van der Waals surface area (Å²) in [6.45, 7) is 2.51. The Bertz CT molecular complexity index is 1500. The molecule has 5 nitrogen and oxygen atoms in total. The molecule has 0 fully saturated rings. The van der Waals surface area contributed by atoms with E-state index < -0.39 is 0 Å². The van der Waals surface area contributed by atoms with Crippen LogP contribution in [0, 0.1) is 0 Å². The molecule has 168 valence electrons. The molecule has 2 aliphatic rings. The van der Waals surface area contributed by atoms with E-state index in [1.165, 1.54) is 0 Å². The van der Waals surface area contributed by atoms with Gasteiger partial charge < -0.3 is 4.90 Å². The monoisotopic (exact) mass is 457 g/mol. The minimum atomic E-state index is -0.184. The Hall–Kier alpha value is -4.64.